The molecule has 33 heavy (non-hydrogen) atoms. The van der Waals surface area contributed by atoms with Gasteiger partial charge in [0, 0.05) is 38.0 Å². The predicted octanol–water partition coefficient (Wildman–Crippen LogP) is 4.35. The van der Waals surface area contributed by atoms with Crippen LogP contribution in [0, 0.1) is 6.92 Å². The van der Waals surface area contributed by atoms with E-state index in [1.54, 1.807) is 11.9 Å². The Hall–Kier alpha value is -3.32. The molecule has 1 fully saturated rings. The van der Waals surface area contributed by atoms with Crippen molar-refractivity contribution in [2.75, 3.05) is 14.1 Å². The number of aryl methyl sites for hydroxylation is 1. The maximum absolute atomic E-state index is 13.4. The highest BCUT2D eigenvalue weighted by Crippen LogP contribution is 2.41. The highest BCUT2D eigenvalue weighted by molar-refractivity contribution is 7.09. The van der Waals surface area contributed by atoms with E-state index < -0.39 is 5.41 Å². The second kappa shape index (κ2) is 8.90. The van der Waals surface area contributed by atoms with Crippen LogP contribution in [-0.4, -0.2) is 46.6 Å². The molecule has 0 bridgehead atoms. The van der Waals surface area contributed by atoms with Crippen molar-refractivity contribution in [3.8, 4) is 11.1 Å². The first-order valence-electron chi connectivity index (χ1n) is 10.9. The highest BCUT2D eigenvalue weighted by Gasteiger charge is 2.53. The van der Waals surface area contributed by atoms with Crippen LogP contribution in [0.1, 0.15) is 42.1 Å². The van der Waals surface area contributed by atoms with Gasteiger partial charge in [-0.1, -0.05) is 54.6 Å². The molecule has 2 aromatic carbocycles. The molecule has 2 heterocycles. The lowest BCUT2D eigenvalue weighted by Gasteiger charge is -2.30. The van der Waals surface area contributed by atoms with Crippen molar-refractivity contribution >= 4 is 29.1 Å². The van der Waals surface area contributed by atoms with Gasteiger partial charge in [0.1, 0.15) is 5.01 Å². The summed E-state index contributed by atoms with van der Waals surface area (Å²) in [7, 11) is 3.21. The van der Waals surface area contributed by atoms with Gasteiger partial charge in [-0.2, -0.15) is 0 Å². The summed E-state index contributed by atoms with van der Waals surface area (Å²) in [6.07, 6.45) is -0.0882. The normalized spacial score (nSPS) is 19.1. The lowest BCUT2D eigenvalue weighted by molar-refractivity contribution is -0.141. The molecule has 1 saturated heterocycles. The van der Waals surface area contributed by atoms with Crippen molar-refractivity contribution in [1.82, 2.24) is 14.8 Å². The Morgan fingerprint density at radius 2 is 1.76 bits per heavy atom. The fourth-order valence-electron chi connectivity index (χ4n) is 4.29. The lowest BCUT2D eigenvalue weighted by atomic mass is 9.75. The maximum Gasteiger partial charge on any atom is 0.240 e. The summed E-state index contributed by atoms with van der Waals surface area (Å²) in [5, 5.41) is 2.80. The SMILES string of the molecule is Cc1csc([C@H](C)N(C)C(=O)C[C@]2(c3ccc(-c4ccccc4)cc3)CC(=O)N(C)C2=O)n1. The standard InChI is InChI=1S/C26H27N3O3S/c1-17-16-33-24(27-17)18(2)28(3)22(30)14-26(15-23(31)29(4)25(26)32)21-12-10-20(11-13-21)19-8-6-5-7-9-19/h5-13,16,18H,14-15H2,1-4H3/t18-,26+/m0/s1. The van der Waals surface area contributed by atoms with Gasteiger partial charge in [-0.25, -0.2) is 4.98 Å². The summed E-state index contributed by atoms with van der Waals surface area (Å²) in [5.74, 6) is -0.801. The number of carbonyl (C=O) groups is 3. The molecule has 1 aromatic heterocycles. The summed E-state index contributed by atoms with van der Waals surface area (Å²) in [6, 6.07) is 17.3. The van der Waals surface area contributed by atoms with Crippen LogP contribution in [0.5, 0.6) is 0 Å². The number of benzene rings is 2. The van der Waals surface area contributed by atoms with E-state index in [1.165, 1.54) is 18.4 Å². The van der Waals surface area contributed by atoms with Crippen molar-refractivity contribution < 1.29 is 14.4 Å². The van der Waals surface area contributed by atoms with Crippen molar-refractivity contribution in [1.29, 1.82) is 0 Å². The molecule has 2 atom stereocenters. The third kappa shape index (κ3) is 4.20. The smallest absolute Gasteiger partial charge is 0.240 e. The molecule has 0 aliphatic carbocycles. The van der Waals surface area contributed by atoms with E-state index in [9.17, 15) is 14.4 Å². The van der Waals surface area contributed by atoms with Crippen LogP contribution >= 0.6 is 11.3 Å². The monoisotopic (exact) mass is 461 g/mol. The molecule has 0 radical (unpaired) electrons. The summed E-state index contributed by atoms with van der Waals surface area (Å²) in [4.78, 5) is 46.5. The van der Waals surface area contributed by atoms with Crippen molar-refractivity contribution in [3.05, 3.63) is 76.2 Å². The number of hydrogen-bond donors (Lipinski definition) is 0. The Labute approximate surface area is 197 Å². The van der Waals surface area contributed by atoms with Crippen LogP contribution in [0.25, 0.3) is 11.1 Å². The quantitative estimate of drug-likeness (QED) is 0.512. The lowest BCUT2D eigenvalue weighted by Crippen LogP contribution is -2.42. The van der Waals surface area contributed by atoms with Crippen molar-refractivity contribution in [3.63, 3.8) is 0 Å². The zero-order valence-corrected chi connectivity index (χ0v) is 20.1. The zero-order chi connectivity index (χ0) is 23.8. The van der Waals surface area contributed by atoms with E-state index in [0.717, 1.165) is 26.7 Å². The summed E-state index contributed by atoms with van der Waals surface area (Å²) in [6.45, 7) is 3.84. The summed E-state index contributed by atoms with van der Waals surface area (Å²) >= 11 is 1.51. The van der Waals surface area contributed by atoms with Crippen LogP contribution in [0.3, 0.4) is 0 Å². The van der Waals surface area contributed by atoms with Gasteiger partial charge in [0.25, 0.3) is 0 Å². The number of likely N-dealkylation sites (tertiary alicyclic amines) is 1. The average molecular weight is 462 g/mol. The maximum atomic E-state index is 13.4. The van der Waals surface area contributed by atoms with Gasteiger partial charge in [-0.05, 0) is 30.5 Å². The van der Waals surface area contributed by atoms with E-state index in [2.05, 4.69) is 4.98 Å². The fraction of sp³-hybridized carbons (Fsp3) is 0.308. The number of rotatable bonds is 6. The van der Waals surface area contributed by atoms with Gasteiger partial charge in [0.15, 0.2) is 0 Å². The fourth-order valence-corrected chi connectivity index (χ4v) is 5.19. The molecular weight excluding hydrogens is 434 g/mol. The second-order valence-corrected chi connectivity index (χ2v) is 9.53. The van der Waals surface area contributed by atoms with Crippen LogP contribution < -0.4 is 0 Å². The van der Waals surface area contributed by atoms with Gasteiger partial charge in [0.05, 0.1) is 11.5 Å². The topological polar surface area (TPSA) is 70.6 Å². The molecule has 4 rings (SSSR count). The Bertz CT molecular complexity index is 1190. The molecule has 1 aliphatic rings. The molecule has 0 spiro atoms. The van der Waals surface area contributed by atoms with Gasteiger partial charge in [-0.15, -0.1) is 11.3 Å². The summed E-state index contributed by atoms with van der Waals surface area (Å²) < 4.78 is 0. The van der Waals surface area contributed by atoms with Crippen LogP contribution in [0.2, 0.25) is 0 Å². The molecule has 6 nitrogen and oxygen atoms in total. The Balaban J connectivity index is 1.65. The minimum absolute atomic E-state index is 0.0165. The predicted molar refractivity (Wildman–Crippen MR) is 129 cm³/mol. The molecule has 170 valence electrons. The highest BCUT2D eigenvalue weighted by atomic mass is 32.1. The van der Waals surface area contributed by atoms with Crippen molar-refractivity contribution in [2.45, 2.75) is 38.1 Å². The number of thiazole rings is 1. The van der Waals surface area contributed by atoms with Gasteiger partial charge in [0.2, 0.25) is 17.7 Å². The second-order valence-electron chi connectivity index (χ2n) is 8.64. The Kier molecular flexibility index (Phi) is 6.17. The number of amides is 3. The van der Waals surface area contributed by atoms with Gasteiger partial charge in [-0.3, -0.25) is 19.3 Å². The minimum Gasteiger partial charge on any atom is -0.337 e. The van der Waals surface area contributed by atoms with E-state index in [-0.39, 0.29) is 36.6 Å². The molecule has 3 amide bonds. The molecule has 0 N–H and O–H groups in total. The molecule has 1 aliphatic heterocycles. The molecule has 0 saturated carbocycles. The number of imide groups is 1. The zero-order valence-electron chi connectivity index (χ0n) is 19.2. The number of likely N-dealkylation sites (N-methyl/N-ethyl adjacent to an activating group) is 1. The summed E-state index contributed by atoms with van der Waals surface area (Å²) in [5.41, 5.74) is 2.47. The molecule has 7 heteroatoms. The Morgan fingerprint density at radius 1 is 1.12 bits per heavy atom. The molecular formula is C26H27N3O3S. The first kappa shape index (κ1) is 22.9. The largest absolute Gasteiger partial charge is 0.337 e. The van der Waals surface area contributed by atoms with Crippen molar-refractivity contribution in [2.24, 2.45) is 0 Å². The van der Waals surface area contributed by atoms with E-state index in [1.807, 2.05) is 73.8 Å². The van der Waals surface area contributed by atoms with Gasteiger partial charge >= 0.3 is 0 Å². The number of hydrogen-bond acceptors (Lipinski definition) is 5. The third-order valence-electron chi connectivity index (χ3n) is 6.51. The molecule has 0 unspecified atom stereocenters. The number of carbonyl (C=O) groups excluding carboxylic acids is 3. The minimum atomic E-state index is -1.20. The van der Waals surface area contributed by atoms with Crippen LogP contribution in [0.4, 0.5) is 0 Å². The van der Waals surface area contributed by atoms with E-state index in [4.69, 9.17) is 0 Å². The average Bonchev–Trinajstić information content (AvgIpc) is 3.36. The Morgan fingerprint density at radius 3 is 2.30 bits per heavy atom. The van der Waals surface area contributed by atoms with Crippen LogP contribution in [-0.2, 0) is 19.8 Å². The first-order valence-corrected chi connectivity index (χ1v) is 11.8. The number of nitrogens with zero attached hydrogens (tertiary/aromatic N) is 3. The van der Waals surface area contributed by atoms with E-state index in [0.29, 0.717) is 5.56 Å². The van der Waals surface area contributed by atoms with E-state index >= 15 is 0 Å². The van der Waals surface area contributed by atoms with Gasteiger partial charge < -0.3 is 4.90 Å². The molecule has 3 aromatic rings. The first-order chi connectivity index (χ1) is 15.7. The number of aromatic nitrogens is 1. The third-order valence-corrected chi connectivity index (χ3v) is 7.64. The van der Waals surface area contributed by atoms with Crippen LogP contribution in [0.15, 0.2) is 60.0 Å².